The smallest absolute Gasteiger partial charge is 0.195 e. The second kappa shape index (κ2) is 4.81. The Balaban J connectivity index is 3.13. The summed E-state index contributed by atoms with van der Waals surface area (Å²) in [6, 6.07) is 6.86. The third kappa shape index (κ3) is 3.35. The molecule has 0 bridgehead atoms. The normalized spacial score (nSPS) is 12.5. The van der Waals surface area contributed by atoms with E-state index < -0.39 is 10.0 Å². The minimum Gasteiger partial charge on any atom is -0.195 e. The van der Waals surface area contributed by atoms with Crippen molar-refractivity contribution >= 4 is 21.6 Å². The number of nitrogens with zero attached hydrogens (tertiary/aromatic N) is 1. The van der Waals surface area contributed by atoms with Gasteiger partial charge in [0.15, 0.2) is 0 Å². The van der Waals surface area contributed by atoms with Gasteiger partial charge >= 0.3 is 21.6 Å². The molecule has 0 fully saturated rings. The van der Waals surface area contributed by atoms with E-state index in [-0.39, 0.29) is 10.1 Å². The molecule has 0 saturated carbocycles. The zero-order valence-electron chi connectivity index (χ0n) is 8.97. The number of benzene rings is 1. The van der Waals surface area contributed by atoms with Gasteiger partial charge in [-0.05, 0) is 32.4 Å². The topological polar surface area (TPSA) is 46.5 Å². The molecule has 0 saturated heterocycles. The number of sulfonamides is 1. The van der Waals surface area contributed by atoms with Crippen LogP contribution in [-0.4, -0.2) is 13.7 Å². The maximum Gasteiger partial charge on any atom is 0.331 e. The first kappa shape index (κ1) is 12.3. The highest BCUT2D eigenvalue weighted by Crippen LogP contribution is 2.16. The third-order valence-corrected chi connectivity index (χ3v) is 4.29. The SMILES string of the molecule is Cc1ccccc1S(=O)(=O)N=[S+]C(C)C. The van der Waals surface area contributed by atoms with Crippen molar-refractivity contribution in [2.75, 3.05) is 0 Å². The Labute approximate surface area is 94.7 Å². The van der Waals surface area contributed by atoms with Crippen molar-refractivity contribution < 1.29 is 8.42 Å². The largest absolute Gasteiger partial charge is 0.331 e. The highest BCUT2D eigenvalue weighted by atomic mass is 32.2. The third-order valence-electron chi connectivity index (χ3n) is 1.72. The fourth-order valence-corrected chi connectivity index (χ4v) is 3.22. The van der Waals surface area contributed by atoms with Crippen molar-refractivity contribution in [2.24, 2.45) is 3.77 Å². The molecular formula is C10H14NO2S2+. The van der Waals surface area contributed by atoms with Gasteiger partial charge in [-0.3, -0.25) is 0 Å². The molecular weight excluding hydrogens is 230 g/mol. The second-order valence-corrected chi connectivity index (χ2v) is 6.61. The van der Waals surface area contributed by atoms with Gasteiger partial charge in [0, 0.05) is 0 Å². The number of rotatable bonds is 3. The average molecular weight is 244 g/mol. The Morgan fingerprint density at radius 2 is 1.87 bits per heavy atom. The standard InChI is InChI=1S/C10H14NO2S2/c1-8(2)14-11-15(12,13)10-7-5-4-6-9(10)3/h4-8H,1-3H3/q+1. The highest BCUT2D eigenvalue weighted by molar-refractivity contribution is 7.95. The first-order chi connectivity index (χ1) is 6.93. The molecule has 1 rings (SSSR count). The quantitative estimate of drug-likeness (QED) is 0.766. The minimum atomic E-state index is -3.50. The molecule has 0 atom stereocenters. The molecule has 1 aromatic rings. The van der Waals surface area contributed by atoms with Crippen LogP contribution in [0, 0.1) is 6.92 Å². The summed E-state index contributed by atoms with van der Waals surface area (Å²) in [7, 11) is -3.50. The highest BCUT2D eigenvalue weighted by Gasteiger charge is 2.20. The van der Waals surface area contributed by atoms with Crippen LogP contribution < -0.4 is 0 Å². The maximum absolute atomic E-state index is 11.8. The van der Waals surface area contributed by atoms with Crippen LogP contribution in [-0.2, 0) is 21.6 Å². The van der Waals surface area contributed by atoms with E-state index in [0.717, 1.165) is 17.1 Å². The molecule has 0 radical (unpaired) electrons. The first-order valence-electron chi connectivity index (χ1n) is 4.62. The molecule has 0 aliphatic rings. The van der Waals surface area contributed by atoms with E-state index in [9.17, 15) is 8.42 Å². The van der Waals surface area contributed by atoms with Gasteiger partial charge in [0.05, 0.1) is 4.90 Å². The van der Waals surface area contributed by atoms with Crippen molar-refractivity contribution in [3.05, 3.63) is 29.8 Å². The molecule has 0 spiro atoms. The summed E-state index contributed by atoms with van der Waals surface area (Å²) in [5, 5.41) is 0.170. The van der Waals surface area contributed by atoms with Gasteiger partial charge in [0.25, 0.3) is 0 Å². The van der Waals surface area contributed by atoms with Crippen LogP contribution in [0.15, 0.2) is 32.9 Å². The van der Waals surface area contributed by atoms with Crippen LogP contribution in [0.2, 0.25) is 0 Å². The summed E-state index contributed by atoms with van der Waals surface area (Å²) in [5.74, 6) is 0. The van der Waals surface area contributed by atoms with Gasteiger partial charge in [0.2, 0.25) is 5.25 Å². The fraction of sp³-hybridized carbons (Fsp3) is 0.400. The lowest BCUT2D eigenvalue weighted by atomic mass is 10.2. The van der Waals surface area contributed by atoms with E-state index in [1.165, 1.54) is 0 Å². The lowest BCUT2D eigenvalue weighted by Crippen LogP contribution is -2.01. The predicted octanol–water partition coefficient (Wildman–Crippen LogP) is 2.36. The predicted molar refractivity (Wildman–Crippen MR) is 63.3 cm³/mol. The Morgan fingerprint density at radius 3 is 2.40 bits per heavy atom. The van der Waals surface area contributed by atoms with Gasteiger partial charge in [0.1, 0.15) is 3.77 Å². The van der Waals surface area contributed by atoms with Gasteiger partial charge in [-0.1, -0.05) is 18.2 Å². The molecule has 0 aromatic heterocycles. The van der Waals surface area contributed by atoms with Crippen molar-refractivity contribution in [2.45, 2.75) is 30.9 Å². The van der Waals surface area contributed by atoms with E-state index >= 15 is 0 Å². The van der Waals surface area contributed by atoms with Gasteiger partial charge in [-0.25, -0.2) is 0 Å². The van der Waals surface area contributed by atoms with Crippen molar-refractivity contribution in [3.8, 4) is 0 Å². The van der Waals surface area contributed by atoms with Crippen LogP contribution in [0.5, 0.6) is 0 Å². The molecule has 15 heavy (non-hydrogen) atoms. The lowest BCUT2D eigenvalue weighted by molar-refractivity contribution is 0.598. The molecule has 0 unspecified atom stereocenters. The lowest BCUT2D eigenvalue weighted by Gasteiger charge is -1.98. The molecule has 0 heterocycles. The molecule has 0 aliphatic carbocycles. The van der Waals surface area contributed by atoms with Crippen LogP contribution in [0.3, 0.4) is 0 Å². The second-order valence-electron chi connectivity index (χ2n) is 3.47. The Morgan fingerprint density at radius 1 is 1.27 bits per heavy atom. The number of hydrogen-bond donors (Lipinski definition) is 0. The summed E-state index contributed by atoms with van der Waals surface area (Å²) >= 11 is 1.08. The molecule has 5 heteroatoms. The van der Waals surface area contributed by atoms with E-state index in [2.05, 4.69) is 3.77 Å². The monoisotopic (exact) mass is 244 g/mol. The van der Waals surface area contributed by atoms with E-state index in [1.54, 1.807) is 25.1 Å². The molecule has 0 aliphatic heterocycles. The van der Waals surface area contributed by atoms with E-state index in [1.807, 2.05) is 19.9 Å². The summed E-state index contributed by atoms with van der Waals surface area (Å²) in [6.45, 7) is 5.57. The Bertz CT molecular complexity index is 464. The zero-order chi connectivity index (χ0) is 11.5. The summed E-state index contributed by atoms with van der Waals surface area (Å²) in [5.41, 5.74) is 0.727. The van der Waals surface area contributed by atoms with Crippen LogP contribution in [0.4, 0.5) is 0 Å². The summed E-state index contributed by atoms with van der Waals surface area (Å²) < 4.78 is 27.2. The Kier molecular flexibility index (Phi) is 3.93. The summed E-state index contributed by atoms with van der Waals surface area (Å²) in [4.78, 5) is 0.290. The average Bonchev–Trinajstić information content (AvgIpc) is 2.15. The molecule has 3 nitrogen and oxygen atoms in total. The molecule has 1 aromatic carbocycles. The van der Waals surface area contributed by atoms with Gasteiger partial charge in [-0.2, -0.15) is 8.42 Å². The van der Waals surface area contributed by atoms with Crippen LogP contribution >= 0.6 is 0 Å². The van der Waals surface area contributed by atoms with E-state index in [0.29, 0.717) is 0 Å². The maximum atomic E-state index is 11.8. The Hall–Kier alpha value is -0.810. The molecule has 0 N–H and O–H groups in total. The summed E-state index contributed by atoms with van der Waals surface area (Å²) in [6.07, 6.45) is 0. The molecule has 82 valence electrons. The minimum absolute atomic E-state index is 0.170. The number of hydrogen-bond acceptors (Lipinski definition) is 2. The van der Waals surface area contributed by atoms with Crippen LogP contribution in [0.25, 0.3) is 0 Å². The van der Waals surface area contributed by atoms with E-state index in [4.69, 9.17) is 0 Å². The number of aryl methyl sites for hydroxylation is 1. The fourth-order valence-electron chi connectivity index (χ4n) is 1.03. The first-order valence-corrected chi connectivity index (χ1v) is 6.90. The van der Waals surface area contributed by atoms with Gasteiger partial charge < -0.3 is 0 Å². The van der Waals surface area contributed by atoms with Crippen LogP contribution in [0.1, 0.15) is 19.4 Å². The molecule has 0 amide bonds. The van der Waals surface area contributed by atoms with Crippen molar-refractivity contribution in [1.82, 2.24) is 0 Å². The van der Waals surface area contributed by atoms with Crippen molar-refractivity contribution in [1.29, 1.82) is 0 Å². The zero-order valence-corrected chi connectivity index (χ0v) is 10.6. The van der Waals surface area contributed by atoms with Crippen molar-refractivity contribution in [3.63, 3.8) is 0 Å². The van der Waals surface area contributed by atoms with Gasteiger partial charge in [-0.15, -0.1) is 0 Å².